The minimum atomic E-state index is -0.168. The fourth-order valence-corrected chi connectivity index (χ4v) is 3.40. The van der Waals surface area contributed by atoms with E-state index < -0.39 is 0 Å². The van der Waals surface area contributed by atoms with Crippen LogP contribution in [0.4, 0.5) is 0 Å². The number of fused-ring (bicyclic) bond motifs is 1. The summed E-state index contributed by atoms with van der Waals surface area (Å²) in [5.41, 5.74) is 1.90. The highest BCUT2D eigenvalue weighted by molar-refractivity contribution is 7.19. The second-order valence-corrected chi connectivity index (χ2v) is 6.33. The first kappa shape index (κ1) is 14.9. The van der Waals surface area contributed by atoms with Gasteiger partial charge in [0.25, 0.3) is 0 Å². The molecule has 22 heavy (non-hydrogen) atoms. The van der Waals surface area contributed by atoms with Gasteiger partial charge in [0.1, 0.15) is 11.1 Å². The lowest BCUT2D eigenvalue weighted by Gasteiger charge is -2.02. The number of nitriles is 1. The largest absolute Gasteiger partial charge is 0.505 e. The average Bonchev–Trinajstić information content (AvgIpc) is 2.93. The highest BCUT2D eigenvalue weighted by Gasteiger charge is 2.10. The molecule has 0 aliphatic heterocycles. The predicted molar refractivity (Wildman–Crippen MR) is 91.2 cm³/mol. The summed E-state index contributed by atoms with van der Waals surface area (Å²) in [5.74, 6) is -0.168. The van der Waals surface area contributed by atoms with Crippen molar-refractivity contribution in [2.45, 2.75) is 0 Å². The highest BCUT2D eigenvalue weighted by Crippen LogP contribution is 2.34. The Bertz CT molecular complexity index is 885. The SMILES string of the molecule is N#C/C(=C\c1cc(Cl)c(O)c(Cl)c1)c1nc2ccccc2s1. The molecule has 0 saturated heterocycles. The molecule has 0 aliphatic carbocycles. The number of hydrogen-bond acceptors (Lipinski definition) is 4. The van der Waals surface area contributed by atoms with E-state index >= 15 is 0 Å². The molecule has 1 N–H and O–H groups in total. The first-order valence-electron chi connectivity index (χ1n) is 6.24. The third kappa shape index (κ3) is 2.79. The van der Waals surface area contributed by atoms with Gasteiger partial charge in [0.15, 0.2) is 5.75 Å². The van der Waals surface area contributed by atoms with E-state index in [9.17, 15) is 10.4 Å². The molecular formula is C16H8Cl2N2OS. The molecule has 0 aliphatic rings. The minimum absolute atomic E-state index is 0.139. The van der Waals surface area contributed by atoms with Gasteiger partial charge in [-0.2, -0.15) is 5.26 Å². The van der Waals surface area contributed by atoms with Gasteiger partial charge in [0.05, 0.1) is 25.8 Å². The van der Waals surface area contributed by atoms with Crippen molar-refractivity contribution in [2.24, 2.45) is 0 Å². The Kier molecular flexibility index (Phi) is 4.04. The van der Waals surface area contributed by atoms with Crippen LogP contribution >= 0.6 is 34.5 Å². The predicted octanol–water partition coefficient (Wildman–Crippen LogP) is 5.37. The number of phenols is 1. The van der Waals surface area contributed by atoms with Crippen LogP contribution in [0.15, 0.2) is 36.4 Å². The zero-order chi connectivity index (χ0) is 15.7. The molecule has 3 aromatic rings. The van der Waals surface area contributed by atoms with E-state index in [2.05, 4.69) is 11.1 Å². The van der Waals surface area contributed by atoms with Crippen LogP contribution in [-0.4, -0.2) is 10.1 Å². The number of phenolic OH excluding ortho intramolecular Hbond substituents is 1. The number of allylic oxidation sites excluding steroid dienone is 1. The number of halogens is 2. The molecule has 0 unspecified atom stereocenters. The van der Waals surface area contributed by atoms with E-state index in [-0.39, 0.29) is 15.8 Å². The number of aromatic nitrogens is 1. The Hall–Kier alpha value is -2.06. The fraction of sp³-hybridized carbons (Fsp3) is 0. The molecule has 0 spiro atoms. The van der Waals surface area contributed by atoms with Crippen LogP contribution in [0.25, 0.3) is 21.9 Å². The monoisotopic (exact) mass is 346 g/mol. The Morgan fingerprint density at radius 1 is 1.23 bits per heavy atom. The third-order valence-electron chi connectivity index (χ3n) is 2.99. The molecule has 2 aromatic carbocycles. The number of hydrogen-bond donors (Lipinski definition) is 1. The van der Waals surface area contributed by atoms with Crippen LogP contribution in [0.1, 0.15) is 10.6 Å². The second kappa shape index (κ2) is 5.98. The van der Waals surface area contributed by atoms with Crippen molar-refractivity contribution in [3.63, 3.8) is 0 Å². The van der Waals surface area contributed by atoms with Crippen LogP contribution in [0, 0.1) is 11.3 Å². The Balaban J connectivity index is 2.09. The van der Waals surface area contributed by atoms with Gasteiger partial charge < -0.3 is 5.11 Å². The van der Waals surface area contributed by atoms with E-state index in [1.54, 1.807) is 18.2 Å². The third-order valence-corrected chi connectivity index (χ3v) is 4.64. The maximum Gasteiger partial charge on any atom is 0.152 e. The number of benzene rings is 2. The van der Waals surface area contributed by atoms with Crippen molar-refractivity contribution in [3.8, 4) is 11.8 Å². The van der Waals surface area contributed by atoms with E-state index in [1.165, 1.54) is 11.3 Å². The van der Waals surface area contributed by atoms with Crippen molar-refractivity contribution < 1.29 is 5.11 Å². The lowest BCUT2D eigenvalue weighted by Crippen LogP contribution is -1.82. The fourth-order valence-electron chi connectivity index (χ4n) is 1.96. The van der Waals surface area contributed by atoms with E-state index in [4.69, 9.17) is 23.2 Å². The second-order valence-electron chi connectivity index (χ2n) is 4.49. The van der Waals surface area contributed by atoms with Crippen molar-refractivity contribution in [1.29, 1.82) is 5.26 Å². The Labute approximate surface area is 140 Å². The summed E-state index contributed by atoms with van der Waals surface area (Å²) in [5, 5.41) is 19.9. The Morgan fingerprint density at radius 3 is 2.55 bits per heavy atom. The molecule has 1 heterocycles. The quantitative estimate of drug-likeness (QED) is 0.634. The first-order chi connectivity index (χ1) is 10.6. The van der Waals surface area contributed by atoms with Gasteiger partial charge in [-0.3, -0.25) is 0 Å². The van der Waals surface area contributed by atoms with Gasteiger partial charge in [-0.05, 0) is 35.9 Å². The van der Waals surface area contributed by atoms with Crippen molar-refractivity contribution in [2.75, 3.05) is 0 Å². The van der Waals surface area contributed by atoms with Crippen molar-refractivity contribution >= 4 is 56.4 Å². The topological polar surface area (TPSA) is 56.9 Å². The van der Waals surface area contributed by atoms with Crippen molar-refractivity contribution in [3.05, 3.63) is 57.0 Å². The first-order valence-corrected chi connectivity index (χ1v) is 7.81. The number of rotatable bonds is 2. The van der Waals surface area contributed by atoms with E-state index in [0.717, 1.165) is 10.2 Å². The van der Waals surface area contributed by atoms with Crippen LogP contribution < -0.4 is 0 Å². The molecule has 108 valence electrons. The maximum absolute atomic E-state index is 9.57. The summed E-state index contributed by atoms with van der Waals surface area (Å²) in [6.45, 7) is 0. The molecule has 0 amide bonds. The standard InChI is InChI=1S/C16H8Cl2N2OS/c17-11-6-9(7-12(18)15(11)21)5-10(8-19)16-20-13-3-1-2-4-14(13)22-16/h1-7,21H/b10-5+. The van der Waals surface area contributed by atoms with E-state index in [0.29, 0.717) is 16.1 Å². The Morgan fingerprint density at radius 2 is 1.91 bits per heavy atom. The molecule has 1 aromatic heterocycles. The summed E-state index contributed by atoms with van der Waals surface area (Å²) in [7, 11) is 0. The highest BCUT2D eigenvalue weighted by atomic mass is 35.5. The molecule has 0 saturated carbocycles. The molecule has 6 heteroatoms. The molecule has 0 radical (unpaired) electrons. The summed E-state index contributed by atoms with van der Waals surface area (Å²) in [4.78, 5) is 4.45. The molecule has 3 rings (SSSR count). The molecule has 0 fully saturated rings. The van der Waals surface area contributed by atoms with Gasteiger partial charge in [-0.25, -0.2) is 4.98 Å². The number of nitrogens with zero attached hydrogens (tertiary/aromatic N) is 2. The molecule has 3 nitrogen and oxygen atoms in total. The number of para-hydroxylation sites is 1. The van der Waals surface area contributed by atoms with Gasteiger partial charge in [-0.1, -0.05) is 35.3 Å². The normalized spacial score (nSPS) is 11.6. The van der Waals surface area contributed by atoms with Crippen molar-refractivity contribution in [1.82, 2.24) is 4.98 Å². The van der Waals surface area contributed by atoms with Gasteiger partial charge >= 0.3 is 0 Å². The van der Waals surface area contributed by atoms with Crippen LogP contribution in [0.5, 0.6) is 5.75 Å². The summed E-state index contributed by atoms with van der Waals surface area (Å²) in [6, 6.07) is 12.9. The van der Waals surface area contributed by atoms with E-state index in [1.807, 2.05) is 24.3 Å². The lowest BCUT2D eigenvalue weighted by atomic mass is 10.1. The number of aromatic hydroxyl groups is 1. The maximum atomic E-state index is 9.57. The van der Waals surface area contributed by atoms with Crippen LogP contribution in [0.2, 0.25) is 10.0 Å². The summed E-state index contributed by atoms with van der Waals surface area (Å²) < 4.78 is 1.01. The molecule has 0 atom stereocenters. The average molecular weight is 347 g/mol. The zero-order valence-electron chi connectivity index (χ0n) is 11.0. The lowest BCUT2D eigenvalue weighted by molar-refractivity contribution is 0.476. The summed E-state index contributed by atoms with van der Waals surface area (Å²) >= 11 is 13.2. The minimum Gasteiger partial charge on any atom is -0.505 e. The number of thiazole rings is 1. The van der Waals surface area contributed by atoms with Crippen LogP contribution in [-0.2, 0) is 0 Å². The zero-order valence-corrected chi connectivity index (χ0v) is 13.4. The van der Waals surface area contributed by atoms with Gasteiger partial charge in [-0.15, -0.1) is 11.3 Å². The van der Waals surface area contributed by atoms with Crippen LogP contribution in [0.3, 0.4) is 0 Å². The van der Waals surface area contributed by atoms with Gasteiger partial charge in [0, 0.05) is 0 Å². The smallest absolute Gasteiger partial charge is 0.152 e. The van der Waals surface area contributed by atoms with Gasteiger partial charge in [0.2, 0.25) is 0 Å². The molecular weight excluding hydrogens is 339 g/mol. The molecule has 0 bridgehead atoms. The summed E-state index contributed by atoms with van der Waals surface area (Å²) in [6.07, 6.45) is 1.65.